The van der Waals surface area contributed by atoms with Crippen LogP contribution in [0.5, 0.6) is 5.88 Å². The monoisotopic (exact) mass is 370 g/mol. The number of methoxy groups -OCH3 is 1. The lowest BCUT2D eigenvalue weighted by molar-refractivity contribution is -0.00174. The molecule has 0 bridgehead atoms. The third-order valence-corrected chi connectivity index (χ3v) is 5.21. The molecule has 2 unspecified atom stereocenters. The molecule has 144 valence electrons. The number of rotatable bonds is 4. The first kappa shape index (κ1) is 17.8. The molecule has 3 N–H and O–H groups in total. The van der Waals surface area contributed by atoms with Crippen molar-refractivity contribution in [1.82, 2.24) is 20.3 Å². The first-order valence-electron chi connectivity index (χ1n) is 9.36. The van der Waals surface area contributed by atoms with Crippen molar-refractivity contribution < 1.29 is 9.84 Å². The van der Waals surface area contributed by atoms with Gasteiger partial charge in [0.2, 0.25) is 5.88 Å². The van der Waals surface area contributed by atoms with E-state index in [0.29, 0.717) is 11.9 Å². The van der Waals surface area contributed by atoms with Gasteiger partial charge >= 0.3 is 0 Å². The molecule has 3 heterocycles. The average molecular weight is 370 g/mol. The molecule has 0 spiro atoms. The van der Waals surface area contributed by atoms with Crippen LogP contribution in [0, 0.1) is 0 Å². The number of hydrogen-bond acceptors (Lipinski definition) is 7. The summed E-state index contributed by atoms with van der Waals surface area (Å²) in [5, 5.41) is 21.2. The maximum absolute atomic E-state index is 10.1. The Kier molecular flexibility index (Phi) is 5.00. The quantitative estimate of drug-likeness (QED) is 0.743. The predicted molar refractivity (Wildman–Crippen MR) is 104 cm³/mol. The van der Waals surface area contributed by atoms with Gasteiger partial charge in [0.05, 0.1) is 13.2 Å². The van der Waals surface area contributed by atoms with Crippen molar-refractivity contribution >= 4 is 11.5 Å². The highest BCUT2D eigenvalue weighted by Crippen LogP contribution is 2.31. The summed E-state index contributed by atoms with van der Waals surface area (Å²) in [6, 6.07) is 4.10. The normalized spacial score (nSPS) is 26.9. The van der Waals surface area contributed by atoms with Gasteiger partial charge in [-0.2, -0.15) is 0 Å². The number of nitrogens with one attached hydrogen (secondary N) is 2. The van der Waals surface area contributed by atoms with Crippen LogP contribution in [0.25, 0.3) is 0 Å². The summed E-state index contributed by atoms with van der Waals surface area (Å²) < 4.78 is 5.32. The van der Waals surface area contributed by atoms with Crippen molar-refractivity contribution in [3.63, 3.8) is 0 Å². The van der Waals surface area contributed by atoms with Crippen molar-refractivity contribution in [3.8, 4) is 5.88 Å². The van der Waals surface area contributed by atoms with Crippen molar-refractivity contribution in [1.29, 1.82) is 0 Å². The zero-order chi connectivity index (χ0) is 18.8. The van der Waals surface area contributed by atoms with E-state index >= 15 is 0 Å². The number of aliphatic hydroxyl groups is 1. The molecule has 8 heteroatoms. The zero-order valence-corrected chi connectivity index (χ0v) is 15.7. The Hall–Kier alpha value is -2.58. The van der Waals surface area contributed by atoms with Crippen LogP contribution < -0.4 is 15.4 Å². The number of nitrogens with zero attached hydrogens (tertiary/aromatic N) is 4. The third kappa shape index (κ3) is 3.50. The van der Waals surface area contributed by atoms with Crippen molar-refractivity contribution in [2.75, 3.05) is 26.0 Å². The van der Waals surface area contributed by atoms with Gasteiger partial charge in [-0.15, -0.1) is 0 Å². The fourth-order valence-electron chi connectivity index (χ4n) is 3.95. The molecule has 2 atom stereocenters. The van der Waals surface area contributed by atoms with Gasteiger partial charge in [0.25, 0.3) is 0 Å². The van der Waals surface area contributed by atoms with Crippen LogP contribution in [0.1, 0.15) is 25.7 Å². The van der Waals surface area contributed by atoms with Gasteiger partial charge in [-0.05, 0) is 43.9 Å². The SMILES string of the molecule is CN=C1C=C(Nc2cccnc2OC)NC2=CCN(C3CCCC(O)C3)N21. The number of aromatic nitrogens is 1. The van der Waals surface area contributed by atoms with Gasteiger partial charge < -0.3 is 20.5 Å². The predicted octanol–water partition coefficient (Wildman–Crippen LogP) is 1.65. The lowest BCUT2D eigenvalue weighted by atomic mass is 9.92. The Bertz CT molecular complexity index is 790. The molecular weight excluding hydrogens is 344 g/mol. The highest BCUT2D eigenvalue weighted by atomic mass is 16.5. The average Bonchev–Trinajstić information content (AvgIpc) is 3.12. The molecule has 27 heavy (non-hydrogen) atoms. The fraction of sp³-hybridized carbons (Fsp3) is 0.474. The summed E-state index contributed by atoms with van der Waals surface area (Å²) in [7, 11) is 3.40. The smallest absolute Gasteiger partial charge is 0.237 e. The summed E-state index contributed by atoms with van der Waals surface area (Å²) in [5.41, 5.74) is 0.786. The van der Waals surface area contributed by atoms with Crippen molar-refractivity contribution in [2.45, 2.75) is 37.8 Å². The molecule has 2 aliphatic heterocycles. The van der Waals surface area contributed by atoms with Crippen molar-refractivity contribution in [3.05, 3.63) is 42.1 Å². The second-order valence-corrected chi connectivity index (χ2v) is 6.95. The second-order valence-electron chi connectivity index (χ2n) is 6.95. The minimum atomic E-state index is -0.210. The standard InChI is InChI=1S/C19H26N6O2/c1-20-18-12-16(22-15-7-4-9-21-19(15)27-2)23-17-8-10-24(25(17)18)13-5-3-6-14(26)11-13/h4,7-9,12-14,22-23,26H,3,5-6,10-11H2,1-2H3. The number of amidine groups is 1. The van der Waals surface area contributed by atoms with Crippen LogP contribution in [0.2, 0.25) is 0 Å². The molecule has 1 saturated carbocycles. The Labute approximate surface area is 159 Å². The first-order chi connectivity index (χ1) is 13.2. The van der Waals surface area contributed by atoms with E-state index in [9.17, 15) is 5.11 Å². The minimum absolute atomic E-state index is 0.210. The zero-order valence-electron chi connectivity index (χ0n) is 15.7. The van der Waals surface area contributed by atoms with Gasteiger partial charge in [-0.25, -0.2) is 15.0 Å². The molecule has 8 nitrogen and oxygen atoms in total. The molecule has 1 aromatic heterocycles. The highest BCUT2D eigenvalue weighted by Gasteiger charge is 2.37. The van der Waals surface area contributed by atoms with E-state index in [2.05, 4.69) is 36.7 Å². The largest absolute Gasteiger partial charge is 0.480 e. The Morgan fingerprint density at radius 2 is 2.30 bits per heavy atom. The maximum Gasteiger partial charge on any atom is 0.237 e. The van der Waals surface area contributed by atoms with Crippen molar-refractivity contribution in [2.24, 2.45) is 4.99 Å². The summed E-state index contributed by atoms with van der Waals surface area (Å²) >= 11 is 0. The van der Waals surface area contributed by atoms with Gasteiger partial charge in [-0.3, -0.25) is 4.99 Å². The summed E-state index contributed by atoms with van der Waals surface area (Å²) in [5.74, 6) is 3.18. The van der Waals surface area contributed by atoms with E-state index in [1.807, 2.05) is 18.2 Å². The molecule has 1 aliphatic carbocycles. The first-order valence-corrected chi connectivity index (χ1v) is 9.36. The molecule has 1 aromatic rings. The molecule has 0 saturated heterocycles. The molecule has 3 aliphatic rings. The molecular formula is C19H26N6O2. The van der Waals surface area contributed by atoms with E-state index in [1.165, 1.54) is 0 Å². The van der Waals surface area contributed by atoms with Gasteiger partial charge in [0.1, 0.15) is 23.2 Å². The van der Waals surface area contributed by atoms with Crippen LogP contribution in [-0.4, -0.2) is 58.8 Å². The second kappa shape index (κ2) is 7.58. The van der Waals surface area contributed by atoms with Gasteiger partial charge in [-0.1, -0.05) is 0 Å². The number of pyridine rings is 1. The lowest BCUT2D eigenvalue weighted by Crippen LogP contribution is -2.53. The van der Waals surface area contributed by atoms with E-state index in [0.717, 1.165) is 55.4 Å². The van der Waals surface area contributed by atoms with Gasteiger partial charge in [0, 0.05) is 31.9 Å². The fourth-order valence-corrected chi connectivity index (χ4v) is 3.95. The minimum Gasteiger partial charge on any atom is -0.480 e. The number of fused-ring (bicyclic) bond motifs is 1. The number of hydrazine groups is 1. The van der Waals surface area contributed by atoms with Crippen LogP contribution in [0.15, 0.2) is 47.1 Å². The van der Waals surface area contributed by atoms with Crippen LogP contribution in [0.4, 0.5) is 5.69 Å². The molecule has 0 aromatic carbocycles. The van der Waals surface area contributed by atoms with Crippen LogP contribution in [0.3, 0.4) is 0 Å². The molecule has 0 radical (unpaired) electrons. The van der Waals surface area contributed by atoms with E-state index in [1.54, 1.807) is 20.4 Å². The number of aliphatic imine (C=N–C) groups is 1. The third-order valence-electron chi connectivity index (χ3n) is 5.21. The number of ether oxygens (including phenoxy) is 1. The van der Waals surface area contributed by atoms with Gasteiger partial charge in [0.15, 0.2) is 0 Å². The lowest BCUT2D eigenvalue weighted by Gasteiger charge is -2.42. The number of hydrogen-bond donors (Lipinski definition) is 3. The highest BCUT2D eigenvalue weighted by molar-refractivity contribution is 5.96. The number of anilines is 1. The summed E-state index contributed by atoms with van der Waals surface area (Å²) in [6.07, 6.45) is 9.47. The maximum atomic E-state index is 10.1. The Morgan fingerprint density at radius 3 is 3.07 bits per heavy atom. The Morgan fingerprint density at radius 1 is 1.41 bits per heavy atom. The topological polar surface area (TPSA) is 85.2 Å². The summed E-state index contributed by atoms with van der Waals surface area (Å²) in [4.78, 5) is 8.70. The van der Waals surface area contributed by atoms with E-state index < -0.39 is 0 Å². The summed E-state index contributed by atoms with van der Waals surface area (Å²) in [6.45, 7) is 0.802. The number of aliphatic hydroxyl groups excluding tert-OH is 1. The molecule has 4 rings (SSSR count). The van der Waals surface area contributed by atoms with Crippen LogP contribution >= 0.6 is 0 Å². The molecule has 1 fully saturated rings. The molecule has 0 amide bonds. The van der Waals surface area contributed by atoms with E-state index in [4.69, 9.17) is 4.74 Å². The van der Waals surface area contributed by atoms with Crippen LogP contribution in [-0.2, 0) is 0 Å². The Balaban J connectivity index is 1.55. The van der Waals surface area contributed by atoms with E-state index in [-0.39, 0.29) is 6.10 Å².